The molecule has 0 spiro atoms. The Labute approximate surface area is 129 Å². The Morgan fingerprint density at radius 3 is 2.75 bits per heavy atom. The van der Waals surface area contributed by atoms with E-state index in [1.807, 2.05) is 24.6 Å². The van der Waals surface area contributed by atoms with Crippen molar-refractivity contribution in [3.8, 4) is 5.75 Å². The van der Waals surface area contributed by atoms with Gasteiger partial charge in [0.15, 0.2) is 0 Å². The fourth-order valence-corrected chi connectivity index (χ4v) is 3.43. The Morgan fingerprint density at radius 1 is 1.30 bits per heavy atom. The number of alkyl halides is 2. The molecule has 0 fully saturated rings. The van der Waals surface area contributed by atoms with Crippen LogP contribution in [0.3, 0.4) is 0 Å². The molecule has 0 radical (unpaired) electrons. The highest BCUT2D eigenvalue weighted by Crippen LogP contribution is 2.24. The summed E-state index contributed by atoms with van der Waals surface area (Å²) in [6.45, 7) is -1.31. The van der Waals surface area contributed by atoms with Gasteiger partial charge < -0.3 is 4.74 Å². The number of halogens is 3. The van der Waals surface area contributed by atoms with E-state index < -0.39 is 6.61 Å². The number of thiophene rings is 1. The van der Waals surface area contributed by atoms with Gasteiger partial charge in [-0.1, -0.05) is 12.1 Å². The van der Waals surface area contributed by atoms with Crippen molar-refractivity contribution in [2.24, 2.45) is 0 Å². The summed E-state index contributed by atoms with van der Waals surface area (Å²) in [6.07, 6.45) is 0. The molecule has 0 amide bonds. The maximum atomic E-state index is 12.2. The van der Waals surface area contributed by atoms with Crippen molar-refractivity contribution in [1.82, 2.24) is 4.90 Å². The lowest BCUT2D eigenvalue weighted by Crippen LogP contribution is -2.16. The zero-order chi connectivity index (χ0) is 14.5. The second kappa shape index (κ2) is 7.15. The Kier molecular flexibility index (Phi) is 5.51. The van der Waals surface area contributed by atoms with E-state index in [1.165, 1.54) is 10.9 Å². The molecule has 1 aromatic carbocycles. The van der Waals surface area contributed by atoms with Crippen LogP contribution in [0, 0.1) is 0 Å². The van der Waals surface area contributed by atoms with Gasteiger partial charge in [0.1, 0.15) is 5.75 Å². The minimum Gasteiger partial charge on any atom is -0.435 e. The van der Waals surface area contributed by atoms with Gasteiger partial charge in [0.2, 0.25) is 0 Å². The third kappa shape index (κ3) is 4.54. The summed E-state index contributed by atoms with van der Waals surface area (Å²) in [5, 5.41) is 2.03. The van der Waals surface area contributed by atoms with Gasteiger partial charge in [0.05, 0.1) is 0 Å². The molecule has 1 aromatic heterocycles. The third-order valence-electron chi connectivity index (χ3n) is 2.68. The van der Waals surface area contributed by atoms with E-state index in [1.54, 1.807) is 23.5 Å². The molecule has 2 aromatic rings. The number of hydrogen-bond acceptors (Lipinski definition) is 3. The van der Waals surface area contributed by atoms with E-state index in [4.69, 9.17) is 0 Å². The maximum Gasteiger partial charge on any atom is 0.387 e. The van der Waals surface area contributed by atoms with Gasteiger partial charge in [-0.3, -0.25) is 4.90 Å². The van der Waals surface area contributed by atoms with Crippen molar-refractivity contribution in [2.75, 3.05) is 7.05 Å². The first-order chi connectivity index (χ1) is 9.54. The zero-order valence-corrected chi connectivity index (χ0v) is 13.3. The van der Waals surface area contributed by atoms with E-state index >= 15 is 0 Å². The van der Waals surface area contributed by atoms with Crippen molar-refractivity contribution >= 4 is 27.3 Å². The minimum atomic E-state index is -2.79. The molecule has 0 aliphatic heterocycles. The summed E-state index contributed by atoms with van der Waals surface area (Å²) >= 11 is 5.19. The van der Waals surface area contributed by atoms with Crippen LogP contribution < -0.4 is 4.74 Å². The molecule has 0 N–H and O–H groups in total. The number of ether oxygens (including phenoxy) is 1. The number of benzene rings is 1. The van der Waals surface area contributed by atoms with Gasteiger partial charge in [-0.25, -0.2) is 0 Å². The molecule has 0 aliphatic carbocycles. The average molecular weight is 362 g/mol. The highest BCUT2D eigenvalue weighted by atomic mass is 79.9. The van der Waals surface area contributed by atoms with Crippen molar-refractivity contribution < 1.29 is 13.5 Å². The summed E-state index contributed by atoms with van der Waals surface area (Å²) in [5.74, 6) is 0.197. The molecule has 2 nitrogen and oxygen atoms in total. The molecule has 6 heteroatoms. The predicted molar refractivity (Wildman–Crippen MR) is 80.3 cm³/mol. The van der Waals surface area contributed by atoms with E-state index in [2.05, 4.69) is 25.6 Å². The minimum absolute atomic E-state index is 0.197. The van der Waals surface area contributed by atoms with E-state index in [-0.39, 0.29) is 5.75 Å². The summed E-state index contributed by atoms with van der Waals surface area (Å²) in [4.78, 5) is 3.37. The molecule has 1 heterocycles. The lowest BCUT2D eigenvalue weighted by Gasteiger charge is -2.16. The number of hydrogen-bond donors (Lipinski definition) is 0. The SMILES string of the molecule is CN(Cc1cccc(OC(F)F)c1)Cc1sccc1Br. The van der Waals surface area contributed by atoms with Crippen LogP contribution >= 0.6 is 27.3 Å². The Bertz CT molecular complexity index is 562. The van der Waals surface area contributed by atoms with Gasteiger partial charge in [0, 0.05) is 22.4 Å². The van der Waals surface area contributed by atoms with Gasteiger partial charge >= 0.3 is 6.61 Å². The molecule has 0 unspecified atom stereocenters. The van der Waals surface area contributed by atoms with E-state index in [9.17, 15) is 8.78 Å². The molecular weight excluding hydrogens is 348 g/mol. The number of nitrogens with zero attached hydrogens (tertiary/aromatic N) is 1. The van der Waals surface area contributed by atoms with Crippen LogP contribution in [0.4, 0.5) is 8.78 Å². The fraction of sp³-hybridized carbons (Fsp3) is 0.286. The highest BCUT2D eigenvalue weighted by Gasteiger charge is 2.08. The zero-order valence-electron chi connectivity index (χ0n) is 10.9. The smallest absolute Gasteiger partial charge is 0.387 e. The molecule has 0 atom stereocenters. The third-order valence-corrected chi connectivity index (χ3v) is 4.59. The van der Waals surface area contributed by atoms with Crippen molar-refractivity contribution in [3.05, 3.63) is 50.6 Å². The van der Waals surface area contributed by atoms with Crippen molar-refractivity contribution in [2.45, 2.75) is 19.7 Å². The second-order valence-corrected chi connectivity index (χ2v) is 6.24. The first kappa shape index (κ1) is 15.4. The van der Waals surface area contributed by atoms with Crippen LogP contribution in [0.25, 0.3) is 0 Å². The summed E-state index contributed by atoms with van der Waals surface area (Å²) in [6, 6.07) is 8.82. The van der Waals surface area contributed by atoms with Crippen LogP contribution in [0.1, 0.15) is 10.4 Å². The topological polar surface area (TPSA) is 12.5 Å². The van der Waals surface area contributed by atoms with Crippen molar-refractivity contribution in [3.63, 3.8) is 0 Å². The first-order valence-electron chi connectivity index (χ1n) is 5.99. The largest absolute Gasteiger partial charge is 0.435 e. The van der Waals surface area contributed by atoms with Gasteiger partial charge in [0.25, 0.3) is 0 Å². The van der Waals surface area contributed by atoms with Crippen LogP contribution in [0.5, 0.6) is 5.75 Å². The van der Waals surface area contributed by atoms with Gasteiger partial charge in [-0.2, -0.15) is 8.78 Å². The summed E-state index contributed by atoms with van der Waals surface area (Å²) in [5.41, 5.74) is 0.943. The number of rotatable bonds is 6. The highest BCUT2D eigenvalue weighted by molar-refractivity contribution is 9.10. The van der Waals surface area contributed by atoms with E-state index in [0.717, 1.165) is 16.6 Å². The Hall–Kier alpha value is -0.980. The summed E-state index contributed by atoms with van der Waals surface area (Å²) in [7, 11) is 1.99. The van der Waals surface area contributed by atoms with E-state index in [0.29, 0.717) is 6.54 Å². The van der Waals surface area contributed by atoms with Gasteiger partial charge in [-0.05, 0) is 52.1 Å². The molecule has 20 heavy (non-hydrogen) atoms. The lowest BCUT2D eigenvalue weighted by atomic mass is 10.2. The molecule has 0 saturated carbocycles. The Balaban J connectivity index is 1.97. The van der Waals surface area contributed by atoms with Gasteiger partial charge in [-0.15, -0.1) is 11.3 Å². The first-order valence-corrected chi connectivity index (χ1v) is 7.66. The monoisotopic (exact) mass is 361 g/mol. The van der Waals surface area contributed by atoms with Crippen molar-refractivity contribution in [1.29, 1.82) is 0 Å². The summed E-state index contributed by atoms with van der Waals surface area (Å²) < 4.78 is 29.9. The van der Waals surface area contributed by atoms with Crippen LogP contribution in [0.15, 0.2) is 40.2 Å². The fourth-order valence-electron chi connectivity index (χ4n) is 1.87. The molecule has 0 bridgehead atoms. The Morgan fingerprint density at radius 2 is 2.10 bits per heavy atom. The molecule has 0 saturated heterocycles. The lowest BCUT2D eigenvalue weighted by molar-refractivity contribution is -0.0499. The molecule has 2 rings (SSSR count). The average Bonchev–Trinajstić information content (AvgIpc) is 2.74. The van der Waals surface area contributed by atoms with Crippen LogP contribution in [0.2, 0.25) is 0 Å². The normalized spacial score (nSPS) is 11.3. The predicted octanol–water partition coefficient (Wildman–Crippen LogP) is 4.74. The van der Waals surface area contributed by atoms with Crippen LogP contribution in [-0.4, -0.2) is 18.6 Å². The molecular formula is C14H14BrF2NOS. The molecule has 108 valence electrons. The second-order valence-electron chi connectivity index (χ2n) is 4.39. The molecule has 0 aliphatic rings. The maximum absolute atomic E-state index is 12.2. The quantitative estimate of drug-likeness (QED) is 0.736. The standard InChI is InChI=1S/C14H14BrF2NOS/c1-18(9-13-12(15)5-6-20-13)8-10-3-2-4-11(7-10)19-14(16)17/h2-7,14H,8-9H2,1H3. The van der Waals surface area contributed by atoms with Crippen LogP contribution in [-0.2, 0) is 13.1 Å².